The fraction of sp³-hybridized carbons (Fsp3) is 0.889. The lowest BCUT2D eigenvalue weighted by molar-refractivity contribution is -0.153. The van der Waals surface area contributed by atoms with Gasteiger partial charge in [0, 0.05) is 0 Å². The number of carbonyl (C=O) groups excluding carboxylic acids is 1. The van der Waals surface area contributed by atoms with Gasteiger partial charge in [-0.25, -0.2) is 4.79 Å². The summed E-state index contributed by atoms with van der Waals surface area (Å²) in [7, 11) is 0. The Balaban J connectivity index is 3.44. The Morgan fingerprint density at radius 1 is 1.33 bits per heavy atom. The molecule has 0 aliphatic heterocycles. The van der Waals surface area contributed by atoms with Crippen molar-refractivity contribution in [1.29, 1.82) is 0 Å². The van der Waals surface area contributed by atoms with Gasteiger partial charge in [0.15, 0.2) is 0 Å². The van der Waals surface area contributed by atoms with Crippen molar-refractivity contribution in [3.05, 3.63) is 0 Å². The van der Waals surface area contributed by atoms with Gasteiger partial charge in [0.2, 0.25) is 0 Å². The van der Waals surface area contributed by atoms with Crippen LogP contribution < -0.4 is 0 Å². The molecule has 0 aliphatic rings. The van der Waals surface area contributed by atoms with Gasteiger partial charge in [-0.1, -0.05) is 6.92 Å². The van der Waals surface area contributed by atoms with Gasteiger partial charge in [0.05, 0.1) is 12.2 Å². The Bertz CT molecular complexity index is 135. The highest BCUT2D eigenvalue weighted by Gasteiger charge is 2.12. The van der Waals surface area contributed by atoms with Gasteiger partial charge in [0.1, 0.15) is 6.61 Å². The summed E-state index contributed by atoms with van der Waals surface area (Å²) in [5, 5.41) is 0. The third-order valence-electron chi connectivity index (χ3n) is 1.09. The van der Waals surface area contributed by atoms with Gasteiger partial charge in [0.25, 0.3) is 0 Å². The van der Waals surface area contributed by atoms with Crippen LogP contribution in [0.25, 0.3) is 0 Å². The summed E-state index contributed by atoms with van der Waals surface area (Å²) in [5.74, 6) is -0.285. The monoisotopic (exact) mass is 174 g/mol. The first kappa shape index (κ1) is 11.4. The van der Waals surface area contributed by atoms with Crippen molar-refractivity contribution >= 4 is 5.97 Å². The van der Waals surface area contributed by atoms with Crippen LogP contribution in [-0.2, 0) is 14.3 Å². The van der Waals surface area contributed by atoms with Crippen molar-refractivity contribution in [2.45, 2.75) is 39.7 Å². The molecule has 0 rings (SSSR count). The van der Waals surface area contributed by atoms with Crippen LogP contribution in [0, 0.1) is 0 Å². The first-order valence-corrected chi connectivity index (χ1v) is 4.25. The van der Waals surface area contributed by atoms with Gasteiger partial charge >= 0.3 is 5.97 Å². The molecule has 0 amide bonds. The maximum atomic E-state index is 10.9. The van der Waals surface area contributed by atoms with Gasteiger partial charge < -0.3 is 9.47 Å². The SMILES string of the molecule is CCCOC(=O)COC(C)(C)C. The molecular formula is C9H18O3. The van der Waals surface area contributed by atoms with Crippen LogP contribution in [-0.4, -0.2) is 24.8 Å². The summed E-state index contributed by atoms with van der Waals surface area (Å²) >= 11 is 0. The number of hydrogen-bond donors (Lipinski definition) is 0. The summed E-state index contributed by atoms with van der Waals surface area (Å²) in [6, 6.07) is 0. The van der Waals surface area contributed by atoms with Crippen molar-refractivity contribution in [3.8, 4) is 0 Å². The molecule has 0 N–H and O–H groups in total. The van der Waals surface area contributed by atoms with Crippen molar-refractivity contribution in [2.75, 3.05) is 13.2 Å². The number of rotatable bonds is 4. The molecule has 0 heterocycles. The minimum absolute atomic E-state index is 0.0451. The number of carbonyl (C=O) groups is 1. The first-order chi connectivity index (χ1) is 5.45. The maximum Gasteiger partial charge on any atom is 0.332 e. The fourth-order valence-corrected chi connectivity index (χ4v) is 0.533. The Hall–Kier alpha value is -0.570. The molecule has 3 heteroatoms. The van der Waals surface area contributed by atoms with Crippen LogP contribution in [0.4, 0.5) is 0 Å². The highest BCUT2D eigenvalue weighted by atomic mass is 16.6. The average molecular weight is 174 g/mol. The van der Waals surface area contributed by atoms with E-state index in [2.05, 4.69) is 0 Å². The van der Waals surface area contributed by atoms with Crippen LogP contribution in [0.1, 0.15) is 34.1 Å². The van der Waals surface area contributed by atoms with Gasteiger partial charge in [-0.2, -0.15) is 0 Å². The van der Waals surface area contributed by atoms with E-state index < -0.39 is 0 Å². The standard InChI is InChI=1S/C9H18O3/c1-5-6-11-8(10)7-12-9(2,3)4/h5-7H2,1-4H3. The average Bonchev–Trinajstić information content (AvgIpc) is 1.95. The second kappa shape index (κ2) is 5.14. The summed E-state index contributed by atoms with van der Waals surface area (Å²) < 4.78 is 10.0. The van der Waals surface area contributed by atoms with Crippen LogP contribution in [0.2, 0.25) is 0 Å². The predicted molar refractivity (Wildman–Crippen MR) is 47.0 cm³/mol. The molecule has 3 nitrogen and oxygen atoms in total. The molecule has 0 unspecified atom stereocenters. The second-order valence-electron chi connectivity index (χ2n) is 3.62. The smallest absolute Gasteiger partial charge is 0.332 e. The topological polar surface area (TPSA) is 35.5 Å². The second-order valence-corrected chi connectivity index (χ2v) is 3.62. The molecule has 12 heavy (non-hydrogen) atoms. The number of ether oxygens (including phenoxy) is 2. The molecule has 0 aromatic carbocycles. The molecule has 0 spiro atoms. The van der Waals surface area contributed by atoms with E-state index in [0.29, 0.717) is 6.61 Å². The zero-order chi connectivity index (χ0) is 9.61. The van der Waals surface area contributed by atoms with E-state index >= 15 is 0 Å². The predicted octanol–water partition coefficient (Wildman–Crippen LogP) is 1.75. The van der Waals surface area contributed by atoms with E-state index in [1.165, 1.54) is 0 Å². The van der Waals surface area contributed by atoms with Gasteiger partial charge in [-0.3, -0.25) is 0 Å². The molecule has 0 aromatic heterocycles. The quantitative estimate of drug-likeness (QED) is 0.609. The Morgan fingerprint density at radius 3 is 2.33 bits per heavy atom. The highest BCUT2D eigenvalue weighted by Crippen LogP contribution is 2.05. The highest BCUT2D eigenvalue weighted by molar-refractivity contribution is 5.70. The van der Waals surface area contributed by atoms with Crippen LogP contribution in [0.5, 0.6) is 0 Å². The molecule has 0 atom stereocenters. The van der Waals surface area contributed by atoms with Crippen LogP contribution in [0.3, 0.4) is 0 Å². The van der Waals surface area contributed by atoms with Crippen LogP contribution >= 0.6 is 0 Å². The normalized spacial score (nSPS) is 11.3. The van der Waals surface area contributed by atoms with Crippen molar-refractivity contribution in [1.82, 2.24) is 0 Å². The van der Waals surface area contributed by atoms with E-state index in [4.69, 9.17) is 9.47 Å². The molecule has 0 saturated heterocycles. The number of hydrogen-bond acceptors (Lipinski definition) is 3. The minimum atomic E-state index is -0.285. The first-order valence-electron chi connectivity index (χ1n) is 4.25. The lowest BCUT2D eigenvalue weighted by atomic mass is 10.2. The summed E-state index contributed by atoms with van der Waals surface area (Å²) in [4.78, 5) is 10.9. The Labute approximate surface area is 74.0 Å². The zero-order valence-electron chi connectivity index (χ0n) is 8.35. The minimum Gasteiger partial charge on any atom is -0.464 e. The van der Waals surface area contributed by atoms with E-state index in [-0.39, 0.29) is 18.2 Å². The van der Waals surface area contributed by atoms with E-state index in [9.17, 15) is 4.79 Å². The largest absolute Gasteiger partial charge is 0.464 e. The molecule has 0 bridgehead atoms. The molecule has 0 saturated carbocycles. The fourth-order valence-electron chi connectivity index (χ4n) is 0.533. The third kappa shape index (κ3) is 7.54. The summed E-state index contributed by atoms with van der Waals surface area (Å²) in [6.07, 6.45) is 0.848. The number of esters is 1. The summed E-state index contributed by atoms with van der Waals surface area (Å²) in [6.45, 7) is 8.19. The lowest BCUT2D eigenvalue weighted by Crippen LogP contribution is -2.24. The van der Waals surface area contributed by atoms with E-state index in [1.807, 2.05) is 27.7 Å². The van der Waals surface area contributed by atoms with Crippen molar-refractivity contribution < 1.29 is 14.3 Å². The van der Waals surface area contributed by atoms with Gasteiger partial charge in [-0.15, -0.1) is 0 Å². The molecule has 0 fully saturated rings. The van der Waals surface area contributed by atoms with E-state index in [0.717, 1.165) is 6.42 Å². The zero-order valence-corrected chi connectivity index (χ0v) is 8.35. The summed E-state index contributed by atoms with van der Waals surface area (Å²) in [5.41, 5.74) is -0.273. The van der Waals surface area contributed by atoms with E-state index in [1.54, 1.807) is 0 Å². The van der Waals surface area contributed by atoms with Gasteiger partial charge in [-0.05, 0) is 27.2 Å². The molecule has 0 aliphatic carbocycles. The van der Waals surface area contributed by atoms with Crippen molar-refractivity contribution in [3.63, 3.8) is 0 Å². The Morgan fingerprint density at radius 2 is 1.92 bits per heavy atom. The Kier molecular flexibility index (Phi) is 4.90. The van der Waals surface area contributed by atoms with Crippen molar-refractivity contribution in [2.24, 2.45) is 0 Å². The molecule has 0 radical (unpaired) electrons. The molecular weight excluding hydrogens is 156 g/mol. The maximum absolute atomic E-state index is 10.9. The van der Waals surface area contributed by atoms with Crippen LogP contribution in [0.15, 0.2) is 0 Å². The molecule has 72 valence electrons. The molecule has 0 aromatic rings. The lowest BCUT2D eigenvalue weighted by Gasteiger charge is -2.18. The third-order valence-corrected chi connectivity index (χ3v) is 1.09.